The topological polar surface area (TPSA) is 39.1 Å². The van der Waals surface area contributed by atoms with E-state index >= 15 is 0 Å². The van der Waals surface area contributed by atoms with Crippen LogP contribution < -0.4 is 5.32 Å². The van der Waals surface area contributed by atoms with E-state index in [1.165, 1.54) is 5.69 Å². The molecule has 0 spiro atoms. The standard InChI is InChI=1S/C14H26BrN3O/c1-6-16-11(2)9-14(3,4)13-12(15)10-17-18(13)7-8-19-5/h10-11,16H,6-9H2,1-5H3. The van der Waals surface area contributed by atoms with Gasteiger partial charge in [0.15, 0.2) is 0 Å². The van der Waals surface area contributed by atoms with Crippen molar-refractivity contribution in [2.75, 3.05) is 20.3 Å². The van der Waals surface area contributed by atoms with Crippen LogP contribution in [0.1, 0.15) is 39.8 Å². The van der Waals surface area contributed by atoms with E-state index in [0.717, 1.165) is 24.0 Å². The fraction of sp³-hybridized carbons (Fsp3) is 0.786. The summed E-state index contributed by atoms with van der Waals surface area (Å²) in [6.07, 6.45) is 2.95. The number of nitrogens with one attached hydrogen (secondary N) is 1. The molecule has 0 aliphatic rings. The minimum Gasteiger partial charge on any atom is -0.383 e. The molecule has 1 heterocycles. The van der Waals surface area contributed by atoms with Gasteiger partial charge >= 0.3 is 0 Å². The number of methoxy groups -OCH3 is 1. The Labute approximate surface area is 125 Å². The fourth-order valence-electron chi connectivity index (χ4n) is 2.67. The molecule has 0 aliphatic heterocycles. The number of ether oxygens (including phenoxy) is 1. The van der Waals surface area contributed by atoms with Gasteiger partial charge in [0, 0.05) is 18.6 Å². The summed E-state index contributed by atoms with van der Waals surface area (Å²) >= 11 is 3.63. The van der Waals surface area contributed by atoms with Crippen LogP contribution >= 0.6 is 15.9 Å². The molecular formula is C14H26BrN3O. The Morgan fingerprint density at radius 2 is 2.21 bits per heavy atom. The van der Waals surface area contributed by atoms with Gasteiger partial charge in [0.25, 0.3) is 0 Å². The monoisotopic (exact) mass is 331 g/mol. The highest BCUT2D eigenvalue weighted by Gasteiger charge is 2.29. The Morgan fingerprint density at radius 3 is 2.79 bits per heavy atom. The highest BCUT2D eigenvalue weighted by atomic mass is 79.9. The van der Waals surface area contributed by atoms with E-state index in [0.29, 0.717) is 12.6 Å². The van der Waals surface area contributed by atoms with Gasteiger partial charge < -0.3 is 10.1 Å². The number of halogens is 1. The van der Waals surface area contributed by atoms with Crippen LogP contribution in [0.2, 0.25) is 0 Å². The largest absolute Gasteiger partial charge is 0.383 e. The predicted molar refractivity (Wildman–Crippen MR) is 82.6 cm³/mol. The Hall–Kier alpha value is -0.390. The fourth-order valence-corrected chi connectivity index (χ4v) is 3.50. The summed E-state index contributed by atoms with van der Waals surface area (Å²) < 4.78 is 8.28. The number of aromatic nitrogens is 2. The van der Waals surface area contributed by atoms with Crippen LogP contribution in [-0.2, 0) is 16.7 Å². The Kier molecular flexibility index (Phi) is 6.50. The zero-order valence-corrected chi connectivity index (χ0v) is 14.2. The summed E-state index contributed by atoms with van der Waals surface area (Å²) in [6, 6.07) is 0.484. The summed E-state index contributed by atoms with van der Waals surface area (Å²) in [5.41, 5.74) is 1.30. The minimum absolute atomic E-state index is 0.0602. The zero-order chi connectivity index (χ0) is 14.5. The first-order valence-corrected chi connectivity index (χ1v) is 7.65. The van der Waals surface area contributed by atoms with Gasteiger partial charge in [0.2, 0.25) is 0 Å². The van der Waals surface area contributed by atoms with Gasteiger partial charge in [-0.15, -0.1) is 0 Å². The van der Waals surface area contributed by atoms with Gasteiger partial charge in [0.1, 0.15) is 0 Å². The van der Waals surface area contributed by atoms with Gasteiger partial charge in [-0.2, -0.15) is 5.10 Å². The third-order valence-electron chi connectivity index (χ3n) is 3.31. The molecule has 19 heavy (non-hydrogen) atoms. The normalized spacial score (nSPS) is 13.8. The molecule has 4 nitrogen and oxygen atoms in total. The maximum absolute atomic E-state index is 5.15. The summed E-state index contributed by atoms with van der Waals surface area (Å²) in [7, 11) is 1.72. The van der Waals surface area contributed by atoms with Crippen LogP contribution in [0.25, 0.3) is 0 Å². The van der Waals surface area contributed by atoms with Crippen molar-refractivity contribution in [3.05, 3.63) is 16.4 Å². The van der Waals surface area contributed by atoms with Crippen molar-refractivity contribution in [3.8, 4) is 0 Å². The van der Waals surface area contributed by atoms with Crippen molar-refractivity contribution >= 4 is 15.9 Å². The van der Waals surface area contributed by atoms with Crippen LogP contribution in [0.5, 0.6) is 0 Å². The lowest BCUT2D eigenvalue weighted by molar-refractivity contribution is 0.180. The maximum atomic E-state index is 5.15. The predicted octanol–water partition coefficient (Wildman–Crippen LogP) is 2.96. The highest BCUT2D eigenvalue weighted by Crippen LogP contribution is 2.33. The lowest BCUT2D eigenvalue weighted by atomic mass is 9.82. The highest BCUT2D eigenvalue weighted by molar-refractivity contribution is 9.10. The zero-order valence-electron chi connectivity index (χ0n) is 12.7. The van der Waals surface area contributed by atoms with E-state index in [-0.39, 0.29) is 5.41 Å². The lowest BCUT2D eigenvalue weighted by Gasteiger charge is -2.30. The lowest BCUT2D eigenvalue weighted by Crippen LogP contribution is -2.34. The van der Waals surface area contributed by atoms with E-state index in [9.17, 15) is 0 Å². The van der Waals surface area contributed by atoms with Gasteiger partial charge in [-0.05, 0) is 35.8 Å². The van der Waals surface area contributed by atoms with Crippen LogP contribution in [0, 0.1) is 0 Å². The molecule has 0 aromatic carbocycles. The Bertz CT molecular complexity index is 390. The summed E-state index contributed by atoms with van der Waals surface area (Å²) in [4.78, 5) is 0. The van der Waals surface area contributed by atoms with Crippen LogP contribution in [0.4, 0.5) is 0 Å². The second kappa shape index (κ2) is 7.41. The van der Waals surface area contributed by atoms with E-state index in [2.05, 4.69) is 54.0 Å². The molecule has 1 aromatic heterocycles. The van der Waals surface area contributed by atoms with E-state index < -0.39 is 0 Å². The van der Waals surface area contributed by atoms with Crippen molar-refractivity contribution in [2.45, 2.75) is 52.1 Å². The molecule has 1 aromatic rings. The van der Waals surface area contributed by atoms with Crippen LogP contribution in [0.15, 0.2) is 10.7 Å². The first kappa shape index (κ1) is 16.7. The molecule has 1 rings (SSSR count). The molecule has 5 heteroatoms. The molecule has 0 bridgehead atoms. The van der Waals surface area contributed by atoms with Crippen molar-refractivity contribution in [3.63, 3.8) is 0 Å². The molecule has 0 fully saturated rings. The number of hydrogen-bond donors (Lipinski definition) is 1. The SMILES string of the molecule is CCNC(C)CC(C)(C)c1c(Br)cnn1CCOC. The third kappa shape index (κ3) is 4.58. The summed E-state index contributed by atoms with van der Waals surface area (Å²) in [5, 5.41) is 7.92. The molecular weight excluding hydrogens is 306 g/mol. The summed E-state index contributed by atoms with van der Waals surface area (Å²) in [6.45, 7) is 11.4. The Balaban J connectivity index is 2.89. The van der Waals surface area contributed by atoms with Gasteiger partial charge in [-0.3, -0.25) is 4.68 Å². The molecule has 0 saturated carbocycles. The molecule has 1 N–H and O–H groups in total. The number of nitrogens with zero attached hydrogens (tertiary/aromatic N) is 2. The second-order valence-corrected chi connectivity index (χ2v) is 6.46. The molecule has 110 valence electrons. The smallest absolute Gasteiger partial charge is 0.0659 e. The number of rotatable bonds is 8. The average Bonchev–Trinajstić information content (AvgIpc) is 2.68. The molecule has 0 aliphatic carbocycles. The molecule has 0 amide bonds. The Morgan fingerprint density at radius 1 is 1.53 bits per heavy atom. The van der Waals surface area contributed by atoms with E-state index in [1.54, 1.807) is 7.11 Å². The average molecular weight is 332 g/mol. The van der Waals surface area contributed by atoms with E-state index in [1.807, 2.05) is 10.9 Å². The molecule has 1 atom stereocenters. The van der Waals surface area contributed by atoms with Gasteiger partial charge in [-0.1, -0.05) is 20.8 Å². The maximum Gasteiger partial charge on any atom is 0.0659 e. The van der Waals surface area contributed by atoms with Crippen molar-refractivity contribution in [1.29, 1.82) is 0 Å². The van der Waals surface area contributed by atoms with Crippen LogP contribution in [0.3, 0.4) is 0 Å². The van der Waals surface area contributed by atoms with E-state index in [4.69, 9.17) is 4.74 Å². The molecule has 0 saturated heterocycles. The second-order valence-electron chi connectivity index (χ2n) is 5.60. The van der Waals surface area contributed by atoms with Gasteiger partial charge in [-0.25, -0.2) is 0 Å². The summed E-state index contributed by atoms with van der Waals surface area (Å²) in [5.74, 6) is 0. The third-order valence-corrected chi connectivity index (χ3v) is 3.89. The minimum atomic E-state index is 0.0602. The van der Waals surface area contributed by atoms with Crippen molar-refractivity contribution in [2.24, 2.45) is 0 Å². The first-order valence-electron chi connectivity index (χ1n) is 6.86. The van der Waals surface area contributed by atoms with Gasteiger partial charge in [0.05, 0.1) is 29.5 Å². The molecule has 1 unspecified atom stereocenters. The van der Waals surface area contributed by atoms with Crippen molar-refractivity contribution < 1.29 is 4.74 Å². The quantitative estimate of drug-likeness (QED) is 0.795. The van der Waals surface area contributed by atoms with Crippen LogP contribution in [-0.4, -0.2) is 36.1 Å². The molecule has 0 radical (unpaired) electrons. The number of hydrogen-bond acceptors (Lipinski definition) is 3. The first-order chi connectivity index (χ1) is 8.92. The van der Waals surface area contributed by atoms with Crippen molar-refractivity contribution in [1.82, 2.24) is 15.1 Å².